The van der Waals surface area contributed by atoms with E-state index >= 15 is 0 Å². The Labute approximate surface area is 132 Å². The van der Waals surface area contributed by atoms with Gasteiger partial charge in [-0.3, -0.25) is 4.79 Å². The zero-order chi connectivity index (χ0) is 16.1. The number of methoxy groups -OCH3 is 1. The van der Waals surface area contributed by atoms with Crippen LogP contribution in [0.3, 0.4) is 0 Å². The highest BCUT2D eigenvalue weighted by molar-refractivity contribution is 6.31. The van der Waals surface area contributed by atoms with Crippen molar-refractivity contribution in [3.8, 4) is 5.75 Å². The molecule has 2 aromatic rings. The molecule has 0 aromatic heterocycles. The van der Waals surface area contributed by atoms with Crippen LogP contribution in [0.1, 0.15) is 26.3 Å². The van der Waals surface area contributed by atoms with Gasteiger partial charge in [0.05, 0.1) is 7.11 Å². The quantitative estimate of drug-likeness (QED) is 0.859. The number of ether oxygens (including phenoxy) is 2. The van der Waals surface area contributed by atoms with Crippen LogP contribution < -0.4 is 10.5 Å². The topological polar surface area (TPSA) is 78.6 Å². The molecule has 0 heterocycles. The lowest BCUT2D eigenvalue weighted by molar-refractivity contribution is 0.0469. The molecule has 6 heteroatoms. The maximum Gasteiger partial charge on any atom is 0.342 e. The Kier molecular flexibility index (Phi) is 5.01. The minimum atomic E-state index is -0.543. The molecule has 0 saturated heterocycles. The lowest BCUT2D eigenvalue weighted by atomic mass is 10.1. The van der Waals surface area contributed by atoms with Crippen LogP contribution in [0.2, 0.25) is 5.02 Å². The van der Waals surface area contributed by atoms with Crippen molar-refractivity contribution in [1.29, 1.82) is 0 Å². The maximum atomic E-state index is 12.1. The number of esters is 1. The van der Waals surface area contributed by atoms with E-state index in [9.17, 15) is 9.59 Å². The van der Waals surface area contributed by atoms with Crippen molar-refractivity contribution in [1.82, 2.24) is 0 Å². The van der Waals surface area contributed by atoms with Gasteiger partial charge < -0.3 is 15.2 Å². The zero-order valence-electron chi connectivity index (χ0n) is 11.8. The molecule has 0 aliphatic heterocycles. The van der Waals surface area contributed by atoms with Crippen molar-refractivity contribution in [2.45, 2.75) is 6.61 Å². The van der Waals surface area contributed by atoms with E-state index in [0.717, 1.165) is 5.56 Å². The maximum absolute atomic E-state index is 12.1. The molecule has 1 amide bonds. The number of benzene rings is 2. The van der Waals surface area contributed by atoms with Gasteiger partial charge in [0.25, 0.3) is 0 Å². The van der Waals surface area contributed by atoms with Crippen LogP contribution in [0.25, 0.3) is 0 Å². The molecule has 0 spiro atoms. The largest absolute Gasteiger partial charge is 0.496 e. The number of hydrogen-bond donors (Lipinski definition) is 1. The second-order valence-corrected chi connectivity index (χ2v) is 4.92. The average molecular weight is 320 g/mol. The monoisotopic (exact) mass is 319 g/mol. The molecule has 2 aromatic carbocycles. The number of hydrogen-bond acceptors (Lipinski definition) is 4. The summed E-state index contributed by atoms with van der Waals surface area (Å²) in [6, 6.07) is 11.2. The van der Waals surface area contributed by atoms with Crippen molar-refractivity contribution in [2.24, 2.45) is 5.73 Å². The fourth-order valence-corrected chi connectivity index (χ4v) is 2.00. The highest BCUT2D eigenvalue weighted by Crippen LogP contribution is 2.23. The minimum Gasteiger partial charge on any atom is -0.496 e. The van der Waals surface area contributed by atoms with E-state index in [1.807, 2.05) is 0 Å². The van der Waals surface area contributed by atoms with Crippen LogP contribution in [-0.2, 0) is 11.3 Å². The first-order valence-corrected chi connectivity index (χ1v) is 6.78. The summed E-state index contributed by atoms with van der Waals surface area (Å²) in [5.74, 6) is -0.663. The molecule has 0 atom stereocenters. The highest BCUT2D eigenvalue weighted by Gasteiger charge is 2.14. The molecule has 5 nitrogen and oxygen atoms in total. The molecular weight excluding hydrogens is 306 g/mol. The van der Waals surface area contributed by atoms with Crippen molar-refractivity contribution in [2.75, 3.05) is 7.11 Å². The fourth-order valence-electron chi connectivity index (χ4n) is 1.83. The van der Waals surface area contributed by atoms with Gasteiger partial charge in [0, 0.05) is 10.6 Å². The summed E-state index contributed by atoms with van der Waals surface area (Å²) in [6.45, 7) is 0.0630. The standard InChI is InChI=1S/C16H14ClNO4/c1-21-14-7-6-12(17)8-13(14)16(20)22-9-10-2-4-11(5-3-10)15(18)19/h2-8H,9H2,1H3,(H2,18,19). The third-order valence-electron chi connectivity index (χ3n) is 2.99. The Morgan fingerprint density at radius 2 is 1.82 bits per heavy atom. The molecule has 0 fully saturated rings. The SMILES string of the molecule is COc1ccc(Cl)cc1C(=O)OCc1ccc(C(N)=O)cc1. The normalized spacial score (nSPS) is 10.1. The Bertz CT molecular complexity index is 698. The number of rotatable bonds is 5. The van der Waals surface area contributed by atoms with Crippen molar-refractivity contribution in [3.05, 3.63) is 64.2 Å². The number of halogens is 1. The summed E-state index contributed by atoms with van der Waals surface area (Å²) in [6.07, 6.45) is 0. The number of carbonyl (C=O) groups excluding carboxylic acids is 2. The summed E-state index contributed by atoms with van der Waals surface area (Å²) in [7, 11) is 1.46. The summed E-state index contributed by atoms with van der Waals surface area (Å²) in [5.41, 5.74) is 6.54. The van der Waals surface area contributed by atoms with Crippen LogP contribution in [0.4, 0.5) is 0 Å². The molecule has 0 saturated carbocycles. The van der Waals surface area contributed by atoms with Gasteiger partial charge >= 0.3 is 5.97 Å². The smallest absolute Gasteiger partial charge is 0.342 e. The molecule has 114 valence electrons. The van der Waals surface area contributed by atoms with Gasteiger partial charge in [-0.2, -0.15) is 0 Å². The van der Waals surface area contributed by atoms with Gasteiger partial charge in [-0.15, -0.1) is 0 Å². The van der Waals surface area contributed by atoms with Crippen molar-refractivity contribution < 1.29 is 19.1 Å². The lowest BCUT2D eigenvalue weighted by Gasteiger charge is -2.09. The Hall–Kier alpha value is -2.53. The number of carbonyl (C=O) groups is 2. The molecule has 0 radical (unpaired) electrons. The minimum absolute atomic E-state index is 0.0630. The van der Waals surface area contributed by atoms with Gasteiger partial charge in [0.1, 0.15) is 17.9 Å². The van der Waals surface area contributed by atoms with E-state index in [2.05, 4.69) is 0 Å². The van der Waals surface area contributed by atoms with Gasteiger partial charge in [-0.1, -0.05) is 23.7 Å². The summed E-state index contributed by atoms with van der Waals surface area (Å²) >= 11 is 5.87. The van der Waals surface area contributed by atoms with Gasteiger partial charge in [-0.05, 0) is 35.9 Å². The average Bonchev–Trinajstić information content (AvgIpc) is 2.53. The zero-order valence-corrected chi connectivity index (χ0v) is 12.6. The van der Waals surface area contributed by atoms with Crippen LogP contribution in [0.15, 0.2) is 42.5 Å². The molecule has 0 aliphatic carbocycles. The van der Waals surface area contributed by atoms with E-state index in [1.54, 1.807) is 36.4 Å². The van der Waals surface area contributed by atoms with Crippen LogP contribution in [0, 0.1) is 0 Å². The number of primary amides is 1. The number of nitrogens with two attached hydrogens (primary N) is 1. The first-order valence-electron chi connectivity index (χ1n) is 6.40. The molecule has 2 N–H and O–H groups in total. The van der Waals surface area contributed by atoms with Gasteiger partial charge in [0.15, 0.2) is 0 Å². The second-order valence-electron chi connectivity index (χ2n) is 4.48. The predicted octanol–water partition coefficient (Wildman–Crippen LogP) is 2.80. The molecule has 0 unspecified atom stereocenters. The van der Waals surface area contributed by atoms with Crippen LogP contribution >= 0.6 is 11.6 Å². The molecule has 0 aliphatic rings. The van der Waals surface area contributed by atoms with E-state index in [1.165, 1.54) is 13.2 Å². The fraction of sp³-hybridized carbons (Fsp3) is 0.125. The summed E-state index contributed by atoms with van der Waals surface area (Å²) in [4.78, 5) is 23.1. The van der Waals surface area contributed by atoms with E-state index in [-0.39, 0.29) is 12.2 Å². The summed E-state index contributed by atoms with van der Waals surface area (Å²) < 4.78 is 10.3. The third kappa shape index (κ3) is 3.77. The van der Waals surface area contributed by atoms with Crippen molar-refractivity contribution in [3.63, 3.8) is 0 Å². The summed E-state index contributed by atoms with van der Waals surface area (Å²) in [5, 5.41) is 0.415. The first-order chi connectivity index (χ1) is 10.5. The molecule has 22 heavy (non-hydrogen) atoms. The molecular formula is C16H14ClNO4. The van der Waals surface area contributed by atoms with Gasteiger partial charge in [0.2, 0.25) is 5.91 Å². The molecule has 2 rings (SSSR count). The number of amides is 1. The van der Waals surface area contributed by atoms with E-state index in [4.69, 9.17) is 26.8 Å². The molecule has 0 bridgehead atoms. The Morgan fingerprint density at radius 1 is 1.14 bits per heavy atom. The van der Waals surface area contributed by atoms with Crippen LogP contribution in [0.5, 0.6) is 5.75 Å². The first kappa shape index (κ1) is 15.9. The lowest BCUT2D eigenvalue weighted by Crippen LogP contribution is -2.11. The van der Waals surface area contributed by atoms with Crippen LogP contribution in [-0.4, -0.2) is 19.0 Å². The van der Waals surface area contributed by atoms with E-state index in [0.29, 0.717) is 16.3 Å². The second kappa shape index (κ2) is 6.95. The highest BCUT2D eigenvalue weighted by atomic mass is 35.5. The van der Waals surface area contributed by atoms with Crippen molar-refractivity contribution >= 4 is 23.5 Å². The van der Waals surface area contributed by atoms with E-state index < -0.39 is 11.9 Å². The third-order valence-corrected chi connectivity index (χ3v) is 3.22. The Morgan fingerprint density at radius 3 is 2.41 bits per heavy atom. The van der Waals surface area contributed by atoms with Gasteiger partial charge in [-0.25, -0.2) is 4.79 Å². The Balaban J connectivity index is 2.06. The predicted molar refractivity (Wildman–Crippen MR) is 82.1 cm³/mol.